The lowest BCUT2D eigenvalue weighted by Gasteiger charge is -2.39. The van der Waals surface area contributed by atoms with Gasteiger partial charge in [-0.05, 0) is 58.5 Å². The molecule has 28 heavy (non-hydrogen) atoms. The van der Waals surface area contributed by atoms with E-state index in [1.54, 1.807) is 0 Å². The Bertz CT molecular complexity index is 796. The fourth-order valence-corrected chi connectivity index (χ4v) is 5.17. The third-order valence-corrected chi connectivity index (χ3v) is 6.72. The number of hydrogen-bond acceptors (Lipinski definition) is 6. The normalized spacial score (nSPS) is 23.1. The lowest BCUT2D eigenvalue weighted by molar-refractivity contribution is 0.0886. The largest absolute Gasteiger partial charge is 0.356 e. The average Bonchev–Trinajstić information content (AvgIpc) is 3.38. The summed E-state index contributed by atoms with van der Waals surface area (Å²) >= 11 is 0. The number of aromatic nitrogens is 4. The van der Waals surface area contributed by atoms with E-state index in [1.165, 1.54) is 58.0 Å². The number of anilines is 1. The highest BCUT2D eigenvalue weighted by Crippen LogP contribution is 2.23. The molecule has 0 amide bonds. The zero-order valence-corrected chi connectivity index (χ0v) is 17.2. The summed E-state index contributed by atoms with van der Waals surface area (Å²) in [6, 6.07) is 2.94. The second kappa shape index (κ2) is 7.95. The van der Waals surface area contributed by atoms with Gasteiger partial charge < -0.3 is 9.80 Å². The van der Waals surface area contributed by atoms with E-state index in [2.05, 4.69) is 32.7 Å². The Morgan fingerprint density at radius 1 is 0.893 bits per heavy atom. The summed E-state index contributed by atoms with van der Waals surface area (Å²) < 4.78 is 1.97. The Hall–Kier alpha value is -1.73. The maximum Gasteiger partial charge on any atom is 0.254 e. The summed E-state index contributed by atoms with van der Waals surface area (Å²) in [6.07, 6.45) is 9.27. The molecule has 0 radical (unpaired) electrons. The molecule has 5 heterocycles. The van der Waals surface area contributed by atoms with Crippen LogP contribution in [0.3, 0.4) is 0 Å². The second-order valence-electron chi connectivity index (χ2n) is 8.79. The molecule has 0 atom stereocenters. The highest BCUT2D eigenvalue weighted by Gasteiger charge is 2.26. The molecule has 0 aromatic carbocycles. The van der Waals surface area contributed by atoms with Gasteiger partial charge in [0.2, 0.25) is 0 Å². The molecule has 3 saturated heterocycles. The van der Waals surface area contributed by atoms with Gasteiger partial charge in [-0.25, -0.2) is 4.98 Å². The lowest BCUT2D eigenvalue weighted by atomic mass is 10.00. The minimum Gasteiger partial charge on any atom is -0.356 e. The van der Waals surface area contributed by atoms with Crippen LogP contribution in [0.2, 0.25) is 0 Å². The second-order valence-corrected chi connectivity index (χ2v) is 8.79. The number of aryl methyl sites for hydroxylation is 1. The van der Waals surface area contributed by atoms with Gasteiger partial charge in [0.05, 0.1) is 6.54 Å². The molecule has 0 aliphatic carbocycles. The van der Waals surface area contributed by atoms with Crippen LogP contribution in [-0.4, -0.2) is 74.7 Å². The number of piperidine rings is 2. The van der Waals surface area contributed by atoms with Gasteiger partial charge in [0.25, 0.3) is 5.78 Å². The van der Waals surface area contributed by atoms with Crippen molar-refractivity contribution in [3.05, 3.63) is 17.6 Å². The van der Waals surface area contributed by atoms with E-state index < -0.39 is 0 Å². The highest BCUT2D eigenvalue weighted by atomic mass is 15.4. The van der Waals surface area contributed by atoms with Crippen LogP contribution in [0, 0.1) is 6.92 Å². The molecule has 0 N–H and O–H groups in total. The maximum atomic E-state index is 4.85. The first-order valence-corrected chi connectivity index (χ1v) is 11.2. The van der Waals surface area contributed by atoms with E-state index in [4.69, 9.17) is 10.1 Å². The van der Waals surface area contributed by atoms with E-state index in [9.17, 15) is 0 Å². The molecule has 3 fully saturated rings. The lowest BCUT2D eigenvalue weighted by Crippen LogP contribution is -2.46. The number of hydrogen-bond donors (Lipinski definition) is 0. The van der Waals surface area contributed by atoms with Crippen LogP contribution >= 0.6 is 0 Å². The fraction of sp³-hybridized carbons (Fsp3) is 0.762. The number of likely N-dealkylation sites (tertiary alicyclic amines) is 2. The molecule has 0 spiro atoms. The molecular formula is C21H33N7. The van der Waals surface area contributed by atoms with Crippen LogP contribution in [0.25, 0.3) is 5.78 Å². The predicted molar refractivity (Wildman–Crippen MR) is 111 cm³/mol. The van der Waals surface area contributed by atoms with Crippen LogP contribution in [0.4, 0.5) is 5.82 Å². The van der Waals surface area contributed by atoms with E-state index in [0.717, 1.165) is 61.9 Å². The topological polar surface area (TPSA) is 52.8 Å². The van der Waals surface area contributed by atoms with Gasteiger partial charge in [-0.2, -0.15) is 9.50 Å². The first-order valence-electron chi connectivity index (χ1n) is 11.2. The molecule has 0 saturated carbocycles. The Morgan fingerprint density at radius 2 is 1.61 bits per heavy atom. The van der Waals surface area contributed by atoms with Gasteiger partial charge in [-0.1, -0.05) is 6.42 Å². The van der Waals surface area contributed by atoms with Gasteiger partial charge in [0, 0.05) is 44.0 Å². The molecule has 3 aliphatic rings. The number of rotatable bonds is 4. The minimum absolute atomic E-state index is 0.750. The SMILES string of the molecule is Cc1cc(N2CCCC2)n2nc(CN3CCC(N4CCCCC4)CC3)nc2n1. The fourth-order valence-electron chi connectivity index (χ4n) is 5.17. The first kappa shape index (κ1) is 18.3. The van der Waals surface area contributed by atoms with Crippen LogP contribution in [0.15, 0.2) is 6.07 Å². The molecule has 5 rings (SSSR count). The summed E-state index contributed by atoms with van der Waals surface area (Å²) in [6.45, 7) is 10.0. The van der Waals surface area contributed by atoms with E-state index in [0.29, 0.717) is 0 Å². The van der Waals surface area contributed by atoms with Crippen molar-refractivity contribution in [2.75, 3.05) is 44.2 Å². The molecule has 3 aliphatic heterocycles. The quantitative estimate of drug-likeness (QED) is 0.809. The maximum absolute atomic E-state index is 4.85. The van der Waals surface area contributed by atoms with Crippen molar-refractivity contribution in [2.24, 2.45) is 0 Å². The van der Waals surface area contributed by atoms with Crippen LogP contribution in [-0.2, 0) is 6.54 Å². The van der Waals surface area contributed by atoms with Crippen molar-refractivity contribution in [3.8, 4) is 0 Å². The van der Waals surface area contributed by atoms with Gasteiger partial charge in [0.15, 0.2) is 5.82 Å². The Morgan fingerprint density at radius 3 is 2.36 bits per heavy atom. The van der Waals surface area contributed by atoms with Gasteiger partial charge in [-0.3, -0.25) is 4.90 Å². The summed E-state index contributed by atoms with van der Waals surface area (Å²) in [5.74, 6) is 2.82. The molecule has 2 aromatic heterocycles. The van der Waals surface area contributed by atoms with Crippen molar-refractivity contribution < 1.29 is 0 Å². The average molecular weight is 384 g/mol. The summed E-state index contributed by atoms with van der Waals surface area (Å²) in [7, 11) is 0. The van der Waals surface area contributed by atoms with Gasteiger partial charge in [0.1, 0.15) is 5.82 Å². The monoisotopic (exact) mass is 383 g/mol. The van der Waals surface area contributed by atoms with Crippen molar-refractivity contribution in [1.29, 1.82) is 0 Å². The van der Waals surface area contributed by atoms with Crippen LogP contribution < -0.4 is 4.90 Å². The predicted octanol–water partition coefficient (Wildman–Crippen LogP) is 2.48. The molecule has 7 nitrogen and oxygen atoms in total. The highest BCUT2D eigenvalue weighted by molar-refractivity contribution is 5.48. The summed E-state index contributed by atoms with van der Waals surface area (Å²) in [5.41, 5.74) is 1.02. The first-order chi connectivity index (χ1) is 13.8. The van der Waals surface area contributed by atoms with Crippen molar-refractivity contribution >= 4 is 11.6 Å². The van der Waals surface area contributed by atoms with Crippen LogP contribution in [0.1, 0.15) is 56.5 Å². The number of nitrogens with zero attached hydrogens (tertiary/aromatic N) is 7. The molecule has 2 aromatic rings. The van der Waals surface area contributed by atoms with E-state index in [-0.39, 0.29) is 0 Å². The smallest absolute Gasteiger partial charge is 0.254 e. The van der Waals surface area contributed by atoms with Gasteiger partial charge in [-0.15, -0.1) is 5.10 Å². The van der Waals surface area contributed by atoms with Gasteiger partial charge >= 0.3 is 0 Å². The van der Waals surface area contributed by atoms with Crippen molar-refractivity contribution in [1.82, 2.24) is 29.4 Å². The van der Waals surface area contributed by atoms with Crippen molar-refractivity contribution in [2.45, 2.75) is 64.5 Å². The molecule has 7 heteroatoms. The third kappa shape index (κ3) is 3.74. The summed E-state index contributed by atoms with van der Waals surface area (Å²) in [5, 5.41) is 4.85. The van der Waals surface area contributed by atoms with E-state index >= 15 is 0 Å². The molecular weight excluding hydrogens is 350 g/mol. The molecule has 0 bridgehead atoms. The third-order valence-electron chi connectivity index (χ3n) is 6.72. The minimum atomic E-state index is 0.750. The van der Waals surface area contributed by atoms with E-state index in [1.807, 2.05) is 4.52 Å². The Kier molecular flexibility index (Phi) is 5.20. The van der Waals surface area contributed by atoms with Crippen LogP contribution in [0.5, 0.6) is 0 Å². The molecule has 0 unspecified atom stereocenters. The standard InChI is InChI=1S/C21H33N7/c1-17-15-20(27-11-5-6-12-27)28-21(22-17)23-19(24-28)16-25-13-7-18(8-14-25)26-9-3-2-4-10-26/h15,18H,2-14,16H2,1H3. The zero-order valence-electron chi connectivity index (χ0n) is 17.2. The molecule has 152 valence electrons. The summed E-state index contributed by atoms with van der Waals surface area (Å²) in [4.78, 5) is 17.1. The van der Waals surface area contributed by atoms with Crippen molar-refractivity contribution in [3.63, 3.8) is 0 Å². The Balaban J connectivity index is 1.26. The zero-order chi connectivity index (χ0) is 18.9. The number of fused-ring (bicyclic) bond motifs is 1. The Labute approximate surface area is 167 Å².